The van der Waals surface area contributed by atoms with Gasteiger partial charge >= 0.3 is 0 Å². The lowest BCUT2D eigenvalue weighted by Gasteiger charge is -2.21. The van der Waals surface area contributed by atoms with Gasteiger partial charge in [-0.25, -0.2) is 4.98 Å². The summed E-state index contributed by atoms with van der Waals surface area (Å²) in [5.74, 6) is 0.783. The minimum Gasteiger partial charge on any atom is -0.396 e. The van der Waals surface area contributed by atoms with E-state index in [4.69, 9.17) is 5.11 Å². The third-order valence-electron chi connectivity index (χ3n) is 3.87. The Bertz CT molecular complexity index is 576. The topological polar surface area (TPSA) is 95.1 Å². The molecule has 116 valence electrons. The highest BCUT2D eigenvalue weighted by atomic mass is 16.3. The van der Waals surface area contributed by atoms with Crippen LogP contribution in [0.4, 0.5) is 0 Å². The molecule has 0 radical (unpaired) electrons. The lowest BCUT2D eigenvalue weighted by molar-refractivity contribution is 0.0914. The number of rotatable bonds is 6. The monoisotopic (exact) mass is 293 g/mol. The smallest absolute Gasteiger partial charge is 0.264 e. The molecule has 1 aliphatic rings. The summed E-state index contributed by atoms with van der Waals surface area (Å²) in [4.78, 5) is 31.5. The van der Waals surface area contributed by atoms with Crippen molar-refractivity contribution >= 4 is 5.91 Å². The summed E-state index contributed by atoms with van der Waals surface area (Å²) >= 11 is 0. The predicted octanol–water partition coefficient (Wildman–Crippen LogP) is 1.09. The number of H-pyrrole nitrogens is 1. The average Bonchev–Trinajstić information content (AvgIpc) is 3.21. The Morgan fingerprint density at radius 3 is 2.62 bits per heavy atom. The molecule has 3 N–H and O–H groups in total. The molecule has 1 atom stereocenters. The molecule has 6 heteroatoms. The van der Waals surface area contributed by atoms with Crippen molar-refractivity contribution in [1.82, 2.24) is 15.3 Å². The lowest BCUT2D eigenvalue weighted by Crippen LogP contribution is -2.42. The number of hydrogen-bond acceptors (Lipinski definition) is 4. The van der Waals surface area contributed by atoms with Gasteiger partial charge in [-0.05, 0) is 32.1 Å². The van der Waals surface area contributed by atoms with Gasteiger partial charge in [0, 0.05) is 18.6 Å². The number of nitrogens with one attached hydrogen (secondary N) is 2. The molecule has 1 saturated carbocycles. The van der Waals surface area contributed by atoms with Crippen LogP contribution >= 0.6 is 0 Å². The van der Waals surface area contributed by atoms with Crippen LogP contribution in [0, 0.1) is 12.8 Å². The standard InChI is InChI=1S/C15H23N3O3/c1-8(2)11(6-7-19)17-14(20)12-9(3)16-13(10-4-5-10)18-15(12)21/h8,10-11,19H,4-7H2,1-3H3,(H,17,20)(H,16,18,21). The summed E-state index contributed by atoms with van der Waals surface area (Å²) in [7, 11) is 0. The molecule has 0 spiro atoms. The van der Waals surface area contributed by atoms with Gasteiger partial charge in [0.15, 0.2) is 0 Å². The first-order valence-electron chi connectivity index (χ1n) is 7.46. The van der Waals surface area contributed by atoms with E-state index in [0.29, 0.717) is 23.9 Å². The molecule has 2 rings (SSSR count). The molecule has 0 saturated heterocycles. The predicted molar refractivity (Wildman–Crippen MR) is 79.4 cm³/mol. The van der Waals surface area contributed by atoms with Crippen molar-refractivity contribution in [3.8, 4) is 0 Å². The number of aromatic amines is 1. The van der Waals surface area contributed by atoms with Gasteiger partial charge in [0.2, 0.25) is 0 Å². The van der Waals surface area contributed by atoms with Gasteiger partial charge in [0.25, 0.3) is 11.5 Å². The number of aromatic nitrogens is 2. The summed E-state index contributed by atoms with van der Waals surface area (Å²) in [5.41, 5.74) is 0.154. The second kappa shape index (κ2) is 6.39. The van der Waals surface area contributed by atoms with Gasteiger partial charge in [0.05, 0.1) is 5.69 Å². The first-order chi connectivity index (χ1) is 9.93. The van der Waals surface area contributed by atoms with Crippen LogP contribution in [-0.4, -0.2) is 33.6 Å². The van der Waals surface area contributed by atoms with E-state index in [2.05, 4.69) is 15.3 Å². The van der Waals surface area contributed by atoms with Gasteiger partial charge in [-0.3, -0.25) is 9.59 Å². The number of hydrogen-bond donors (Lipinski definition) is 3. The highest BCUT2D eigenvalue weighted by molar-refractivity contribution is 5.95. The van der Waals surface area contributed by atoms with Crippen LogP contribution in [-0.2, 0) is 0 Å². The molecule has 6 nitrogen and oxygen atoms in total. The molecule has 1 aromatic heterocycles. The fraction of sp³-hybridized carbons (Fsp3) is 0.667. The molecule has 0 aromatic carbocycles. The average molecular weight is 293 g/mol. The maximum Gasteiger partial charge on any atom is 0.264 e. The maximum atomic E-state index is 12.3. The number of aliphatic hydroxyl groups excluding tert-OH is 1. The number of carbonyl (C=O) groups is 1. The molecule has 21 heavy (non-hydrogen) atoms. The Kier molecular flexibility index (Phi) is 4.77. The fourth-order valence-electron chi connectivity index (χ4n) is 2.38. The summed E-state index contributed by atoms with van der Waals surface area (Å²) in [6.07, 6.45) is 2.55. The lowest BCUT2D eigenvalue weighted by atomic mass is 10.0. The summed E-state index contributed by atoms with van der Waals surface area (Å²) in [5, 5.41) is 11.9. The molecule has 1 unspecified atom stereocenters. The summed E-state index contributed by atoms with van der Waals surface area (Å²) < 4.78 is 0. The summed E-state index contributed by atoms with van der Waals surface area (Å²) in [6.45, 7) is 5.61. The zero-order valence-electron chi connectivity index (χ0n) is 12.8. The van der Waals surface area contributed by atoms with Gasteiger partial charge in [0.1, 0.15) is 11.4 Å². The van der Waals surface area contributed by atoms with Crippen molar-refractivity contribution in [1.29, 1.82) is 0 Å². The Morgan fingerprint density at radius 1 is 1.48 bits per heavy atom. The molecular formula is C15H23N3O3. The van der Waals surface area contributed by atoms with Crippen LogP contribution in [0.15, 0.2) is 4.79 Å². The van der Waals surface area contributed by atoms with Crippen molar-refractivity contribution in [3.63, 3.8) is 0 Å². The zero-order valence-corrected chi connectivity index (χ0v) is 12.8. The number of amides is 1. The highest BCUT2D eigenvalue weighted by Gasteiger charge is 2.28. The number of aliphatic hydroxyl groups is 1. The largest absolute Gasteiger partial charge is 0.396 e. The van der Waals surface area contributed by atoms with Crippen molar-refractivity contribution in [2.24, 2.45) is 5.92 Å². The Labute approximate surface area is 124 Å². The second-order valence-electron chi connectivity index (χ2n) is 6.02. The van der Waals surface area contributed by atoms with Crippen molar-refractivity contribution in [2.45, 2.75) is 52.0 Å². The number of nitrogens with zero attached hydrogens (tertiary/aromatic N) is 1. The Morgan fingerprint density at radius 2 is 2.14 bits per heavy atom. The van der Waals surface area contributed by atoms with E-state index in [1.54, 1.807) is 6.92 Å². The highest BCUT2D eigenvalue weighted by Crippen LogP contribution is 2.37. The zero-order chi connectivity index (χ0) is 15.6. The maximum absolute atomic E-state index is 12.3. The Balaban J connectivity index is 2.20. The van der Waals surface area contributed by atoms with E-state index in [9.17, 15) is 9.59 Å². The molecule has 1 amide bonds. The van der Waals surface area contributed by atoms with Gasteiger partial charge in [-0.15, -0.1) is 0 Å². The van der Waals surface area contributed by atoms with E-state index >= 15 is 0 Å². The van der Waals surface area contributed by atoms with Crippen LogP contribution in [0.3, 0.4) is 0 Å². The van der Waals surface area contributed by atoms with E-state index < -0.39 is 5.91 Å². The van der Waals surface area contributed by atoms with Crippen molar-refractivity contribution in [2.75, 3.05) is 6.61 Å². The molecule has 1 aliphatic carbocycles. The van der Waals surface area contributed by atoms with Crippen LogP contribution < -0.4 is 10.9 Å². The minimum atomic E-state index is -0.421. The van der Waals surface area contributed by atoms with Crippen molar-refractivity contribution in [3.05, 3.63) is 27.4 Å². The first-order valence-corrected chi connectivity index (χ1v) is 7.46. The van der Waals surface area contributed by atoms with Crippen LogP contribution in [0.25, 0.3) is 0 Å². The Hall–Kier alpha value is -1.69. The van der Waals surface area contributed by atoms with Gasteiger partial charge in [-0.1, -0.05) is 13.8 Å². The van der Waals surface area contributed by atoms with Gasteiger partial charge in [-0.2, -0.15) is 0 Å². The molecule has 1 aromatic rings. The molecular weight excluding hydrogens is 270 g/mol. The SMILES string of the molecule is Cc1nc(C2CC2)[nH]c(=O)c1C(=O)NC(CCO)C(C)C. The van der Waals surface area contributed by atoms with Crippen molar-refractivity contribution < 1.29 is 9.90 Å². The van der Waals surface area contributed by atoms with Gasteiger partial charge < -0.3 is 15.4 Å². The molecule has 1 heterocycles. The third-order valence-corrected chi connectivity index (χ3v) is 3.87. The molecule has 0 aliphatic heterocycles. The van der Waals surface area contributed by atoms with E-state index in [1.807, 2.05) is 13.8 Å². The number of aryl methyl sites for hydroxylation is 1. The van der Waals surface area contributed by atoms with E-state index in [-0.39, 0.29) is 29.7 Å². The first kappa shape index (κ1) is 15.7. The molecule has 0 bridgehead atoms. The second-order valence-corrected chi connectivity index (χ2v) is 6.02. The third kappa shape index (κ3) is 3.69. The van der Waals surface area contributed by atoms with Crippen LogP contribution in [0.5, 0.6) is 0 Å². The quantitative estimate of drug-likeness (QED) is 0.731. The normalized spacial score (nSPS) is 16.0. The minimum absolute atomic E-state index is 0.00265. The van der Waals surface area contributed by atoms with Crippen LogP contribution in [0.2, 0.25) is 0 Å². The van der Waals surface area contributed by atoms with E-state index in [0.717, 1.165) is 12.8 Å². The van der Waals surface area contributed by atoms with E-state index in [1.165, 1.54) is 0 Å². The number of carbonyl (C=O) groups excluding carboxylic acids is 1. The molecule has 1 fully saturated rings. The van der Waals surface area contributed by atoms with Crippen LogP contribution in [0.1, 0.15) is 60.9 Å². The fourth-order valence-corrected chi connectivity index (χ4v) is 2.38. The summed E-state index contributed by atoms with van der Waals surface area (Å²) in [6, 6.07) is -0.163.